The molecule has 2 heterocycles. The Kier molecular flexibility index (Phi) is 2.02. The van der Waals surface area contributed by atoms with Crippen LogP contribution in [0.2, 0.25) is 0 Å². The lowest BCUT2D eigenvalue weighted by Crippen LogP contribution is -2.23. The van der Waals surface area contributed by atoms with E-state index in [1.165, 1.54) is 6.20 Å². The second-order valence-corrected chi connectivity index (χ2v) is 2.79. The van der Waals surface area contributed by atoms with Crippen LogP contribution >= 0.6 is 0 Å². The maximum Gasteiger partial charge on any atom is 0.416 e. The molecule has 1 aliphatic rings. The molecule has 70 valence electrons. The Morgan fingerprint density at radius 1 is 1.43 bits per heavy atom. The summed E-state index contributed by atoms with van der Waals surface area (Å²) in [5.41, 5.74) is 1.41. The number of hydrogen-bond acceptors (Lipinski definition) is 2. The number of allylic oxidation sites excluding steroid dienone is 2. The first-order valence-corrected chi connectivity index (χ1v) is 4.10. The highest BCUT2D eigenvalue weighted by molar-refractivity contribution is 5.91. The Morgan fingerprint density at radius 3 is 3.07 bits per heavy atom. The molecule has 0 aliphatic carbocycles. The molecule has 4 nitrogen and oxygen atoms in total. The minimum atomic E-state index is -1.00. The fourth-order valence-corrected chi connectivity index (χ4v) is 1.29. The number of rotatable bonds is 0. The Labute approximate surface area is 80.8 Å². The molecule has 1 aliphatic heterocycles. The molecule has 0 unspecified atom stereocenters. The first-order valence-electron chi connectivity index (χ1n) is 4.10. The van der Waals surface area contributed by atoms with Crippen LogP contribution < -0.4 is 4.90 Å². The van der Waals surface area contributed by atoms with E-state index in [9.17, 15) is 4.79 Å². The summed E-state index contributed by atoms with van der Waals surface area (Å²) < 4.78 is 0. The van der Waals surface area contributed by atoms with Gasteiger partial charge in [0.25, 0.3) is 0 Å². The Morgan fingerprint density at radius 2 is 2.29 bits per heavy atom. The average Bonchev–Trinajstić information content (AvgIpc) is 2.39. The van der Waals surface area contributed by atoms with Gasteiger partial charge in [0.15, 0.2) is 0 Å². The molecule has 0 spiro atoms. The van der Waals surface area contributed by atoms with Crippen molar-refractivity contribution in [1.82, 2.24) is 4.98 Å². The van der Waals surface area contributed by atoms with E-state index in [1.807, 2.05) is 6.08 Å². The standard InChI is InChI=1S/C10H8N2O2/c13-10(14)12-6-2-1-3-8-7-11-5-4-9(8)12/h1-7H,(H,13,14). The first-order chi connectivity index (χ1) is 6.79. The average molecular weight is 188 g/mol. The van der Waals surface area contributed by atoms with Crippen molar-refractivity contribution < 1.29 is 9.90 Å². The molecule has 4 heteroatoms. The molecular weight excluding hydrogens is 180 g/mol. The third-order valence-electron chi connectivity index (χ3n) is 1.92. The van der Waals surface area contributed by atoms with Crippen LogP contribution in [0.5, 0.6) is 0 Å². The summed E-state index contributed by atoms with van der Waals surface area (Å²) in [4.78, 5) is 16.0. The summed E-state index contributed by atoms with van der Waals surface area (Å²) in [5, 5.41) is 8.94. The molecule has 0 radical (unpaired) electrons. The van der Waals surface area contributed by atoms with Gasteiger partial charge in [0.2, 0.25) is 0 Å². The zero-order valence-electron chi connectivity index (χ0n) is 7.29. The lowest BCUT2D eigenvalue weighted by molar-refractivity contribution is 0.204. The molecular formula is C10H8N2O2. The Hall–Kier alpha value is -2.10. The number of anilines is 1. The third-order valence-corrected chi connectivity index (χ3v) is 1.92. The van der Waals surface area contributed by atoms with Gasteiger partial charge < -0.3 is 5.11 Å². The van der Waals surface area contributed by atoms with E-state index in [0.717, 1.165) is 10.5 Å². The van der Waals surface area contributed by atoms with Gasteiger partial charge in [0.05, 0.1) is 5.69 Å². The second kappa shape index (κ2) is 3.33. The van der Waals surface area contributed by atoms with Gasteiger partial charge in [-0.2, -0.15) is 0 Å². The topological polar surface area (TPSA) is 53.4 Å². The molecule has 2 rings (SSSR count). The van der Waals surface area contributed by atoms with Gasteiger partial charge in [-0.3, -0.25) is 9.88 Å². The fourth-order valence-electron chi connectivity index (χ4n) is 1.29. The van der Waals surface area contributed by atoms with Crippen LogP contribution in [-0.2, 0) is 0 Å². The van der Waals surface area contributed by atoms with Gasteiger partial charge >= 0.3 is 6.09 Å². The molecule has 0 atom stereocenters. The molecule has 1 aromatic rings. The Bertz CT molecular complexity index is 424. The molecule has 1 aromatic heterocycles. The van der Waals surface area contributed by atoms with E-state index in [4.69, 9.17) is 5.11 Å². The van der Waals surface area contributed by atoms with Gasteiger partial charge in [-0.25, -0.2) is 4.79 Å². The fraction of sp³-hybridized carbons (Fsp3) is 0. The van der Waals surface area contributed by atoms with Crippen molar-refractivity contribution in [3.63, 3.8) is 0 Å². The van der Waals surface area contributed by atoms with Crippen molar-refractivity contribution in [3.8, 4) is 0 Å². The van der Waals surface area contributed by atoms with Crippen molar-refractivity contribution in [2.24, 2.45) is 0 Å². The third kappa shape index (κ3) is 1.37. The quantitative estimate of drug-likeness (QED) is 0.678. The highest BCUT2D eigenvalue weighted by atomic mass is 16.4. The van der Waals surface area contributed by atoms with E-state index >= 15 is 0 Å². The summed E-state index contributed by atoms with van der Waals surface area (Å²) in [6, 6.07) is 1.67. The maximum atomic E-state index is 10.9. The zero-order valence-corrected chi connectivity index (χ0v) is 7.29. The number of aromatic nitrogens is 1. The predicted molar refractivity (Wildman–Crippen MR) is 52.9 cm³/mol. The maximum absolute atomic E-state index is 10.9. The summed E-state index contributed by atoms with van der Waals surface area (Å²) in [5.74, 6) is 0. The van der Waals surface area contributed by atoms with Gasteiger partial charge in [-0.1, -0.05) is 12.2 Å². The van der Waals surface area contributed by atoms with E-state index < -0.39 is 6.09 Å². The predicted octanol–water partition coefficient (Wildman–Crippen LogP) is 2.11. The number of hydrogen-bond donors (Lipinski definition) is 1. The molecule has 0 aromatic carbocycles. The highest BCUT2D eigenvalue weighted by Crippen LogP contribution is 2.23. The second-order valence-electron chi connectivity index (χ2n) is 2.79. The summed E-state index contributed by atoms with van der Waals surface area (Å²) >= 11 is 0. The number of carboxylic acid groups (broad SMARTS) is 1. The summed E-state index contributed by atoms with van der Waals surface area (Å²) in [6.45, 7) is 0. The normalized spacial score (nSPS) is 13.6. The monoisotopic (exact) mass is 188 g/mol. The molecule has 1 N–H and O–H groups in total. The highest BCUT2D eigenvalue weighted by Gasteiger charge is 2.14. The lowest BCUT2D eigenvalue weighted by atomic mass is 10.2. The summed E-state index contributed by atoms with van der Waals surface area (Å²) in [7, 11) is 0. The number of fused-ring (bicyclic) bond motifs is 1. The molecule has 0 bridgehead atoms. The molecule has 14 heavy (non-hydrogen) atoms. The van der Waals surface area contributed by atoms with Crippen LogP contribution in [-0.4, -0.2) is 16.2 Å². The molecule has 0 fully saturated rings. The van der Waals surface area contributed by atoms with Gasteiger partial charge in [0, 0.05) is 24.2 Å². The SMILES string of the molecule is O=C(O)N1C=CC=Cc2cnccc21. The van der Waals surface area contributed by atoms with E-state index in [2.05, 4.69) is 4.98 Å². The van der Waals surface area contributed by atoms with Crippen LogP contribution in [0.1, 0.15) is 5.56 Å². The van der Waals surface area contributed by atoms with Crippen LogP contribution in [0.25, 0.3) is 6.08 Å². The Balaban J connectivity index is 2.55. The van der Waals surface area contributed by atoms with Gasteiger partial charge in [-0.15, -0.1) is 0 Å². The van der Waals surface area contributed by atoms with Crippen molar-refractivity contribution in [2.45, 2.75) is 0 Å². The number of nitrogens with zero attached hydrogens (tertiary/aromatic N) is 2. The van der Waals surface area contributed by atoms with E-state index in [-0.39, 0.29) is 0 Å². The van der Waals surface area contributed by atoms with Crippen molar-refractivity contribution >= 4 is 17.9 Å². The minimum Gasteiger partial charge on any atom is -0.464 e. The van der Waals surface area contributed by atoms with Crippen molar-refractivity contribution in [3.05, 3.63) is 42.4 Å². The number of carbonyl (C=O) groups is 1. The lowest BCUT2D eigenvalue weighted by Gasteiger charge is -2.14. The first kappa shape index (κ1) is 8.50. The van der Waals surface area contributed by atoms with E-state index in [1.54, 1.807) is 30.6 Å². The zero-order chi connectivity index (χ0) is 9.97. The van der Waals surface area contributed by atoms with Crippen molar-refractivity contribution in [2.75, 3.05) is 4.90 Å². The minimum absolute atomic E-state index is 0.623. The van der Waals surface area contributed by atoms with Crippen LogP contribution in [0.4, 0.5) is 10.5 Å². The number of pyridine rings is 1. The van der Waals surface area contributed by atoms with Crippen molar-refractivity contribution in [1.29, 1.82) is 0 Å². The molecule has 1 amide bonds. The van der Waals surface area contributed by atoms with Crippen LogP contribution in [0, 0.1) is 0 Å². The van der Waals surface area contributed by atoms with Gasteiger partial charge in [0.1, 0.15) is 0 Å². The van der Waals surface area contributed by atoms with Gasteiger partial charge in [-0.05, 0) is 12.1 Å². The van der Waals surface area contributed by atoms with Crippen LogP contribution in [0.15, 0.2) is 36.8 Å². The smallest absolute Gasteiger partial charge is 0.416 e. The summed E-state index contributed by atoms with van der Waals surface area (Å²) in [6.07, 6.45) is 8.98. The van der Waals surface area contributed by atoms with E-state index in [0.29, 0.717) is 5.69 Å². The number of amides is 1. The largest absolute Gasteiger partial charge is 0.464 e. The molecule has 0 saturated carbocycles. The van der Waals surface area contributed by atoms with Crippen LogP contribution in [0.3, 0.4) is 0 Å². The molecule has 0 saturated heterocycles.